The van der Waals surface area contributed by atoms with Gasteiger partial charge in [0.25, 0.3) is 0 Å². The Labute approximate surface area is 119 Å². The molecule has 3 atom stereocenters. The molecular formula is C16H34N2O. The average molecular weight is 270 g/mol. The lowest BCUT2D eigenvalue weighted by molar-refractivity contribution is 0.151. The second kappa shape index (κ2) is 8.23. The summed E-state index contributed by atoms with van der Waals surface area (Å²) in [5.41, 5.74) is 6.24. The van der Waals surface area contributed by atoms with Crippen LogP contribution in [-0.2, 0) is 0 Å². The second-order valence-corrected chi connectivity index (χ2v) is 6.99. The van der Waals surface area contributed by atoms with Crippen molar-refractivity contribution in [1.29, 1.82) is 0 Å². The molecule has 3 nitrogen and oxygen atoms in total. The first kappa shape index (κ1) is 16.9. The van der Waals surface area contributed by atoms with Gasteiger partial charge in [0.15, 0.2) is 0 Å². The molecule has 0 spiro atoms. The number of hydrogen-bond donors (Lipinski definition) is 3. The van der Waals surface area contributed by atoms with Crippen molar-refractivity contribution < 1.29 is 5.11 Å². The first-order chi connectivity index (χ1) is 9.01. The van der Waals surface area contributed by atoms with Crippen molar-refractivity contribution in [1.82, 2.24) is 5.32 Å². The van der Waals surface area contributed by atoms with Gasteiger partial charge in [-0.3, -0.25) is 0 Å². The summed E-state index contributed by atoms with van der Waals surface area (Å²) in [6.45, 7) is 7.88. The van der Waals surface area contributed by atoms with E-state index in [1.807, 2.05) is 0 Å². The van der Waals surface area contributed by atoms with E-state index in [1.54, 1.807) is 0 Å². The van der Waals surface area contributed by atoms with E-state index in [-0.39, 0.29) is 12.1 Å². The minimum Gasteiger partial charge on any atom is -0.396 e. The molecule has 0 aromatic rings. The van der Waals surface area contributed by atoms with Gasteiger partial charge >= 0.3 is 0 Å². The first-order valence-electron chi connectivity index (χ1n) is 8.10. The third-order valence-electron chi connectivity index (χ3n) is 4.49. The van der Waals surface area contributed by atoms with Gasteiger partial charge in [0.05, 0.1) is 0 Å². The van der Waals surface area contributed by atoms with Crippen LogP contribution in [-0.4, -0.2) is 29.8 Å². The Hall–Kier alpha value is -0.120. The number of hydrogen-bond acceptors (Lipinski definition) is 3. The Balaban J connectivity index is 2.53. The lowest BCUT2D eigenvalue weighted by Gasteiger charge is -2.43. The average Bonchev–Trinajstić information content (AvgIpc) is 2.36. The van der Waals surface area contributed by atoms with Crippen molar-refractivity contribution in [2.75, 3.05) is 13.2 Å². The largest absolute Gasteiger partial charge is 0.396 e. The SMILES string of the molecule is CC(C)CC1CCCC(CN)(NC(C)CCCO)C1. The fourth-order valence-electron chi connectivity index (χ4n) is 3.72. The van der Waals surface area contributed by atoms with Crippen molar-refractivity contribution in [3.05, 3.63) is 0 Å². The van der Waals surface area contributed by atoms with Gasteiger partial charge in [0, 0.05) is 24.7 Å². The maximum atomic E-state index is 8.93. The van der Waals surface area contributed by atoms with Crippen LogP contribution in [0.15, 0.2) is 0 Å². The van der Waals surface area contributed by atoms with Crippen molar-refractivity contribution >= 4 is 0 Å². The van der Waals surface area contributed by atoms with E-state index in [2.05, 4.69) is 26.1 Å². The van der Waals surface area contributed by atoms with Crippen LogP contribution in [0.4, 0.5) is 0 Å². The van der Waals surface area contributed by atoms with Crippen LogP contribution in [0.3, 0.4) is 0 Å². The van der Waals surface area contributed by atoms with E-state index in [9.17, 15) is 0 Å². The third-order valence-corrected chi connectivity index (χ3v) is 4.49. The monoisotopic (exact) mass is 270 g/mol. The molecule has 0 aliphatic heterocycles. The van der Waals surface area contributed by atoms with Gasteiger partial charge in [-0.15, -0.1) is 0 Å². The highest BCUT2D eigenvalue weighted by molar-refractivity contribution is 4.96. The normalized spacial score (nSPS) is 29.7. The topological polar surface area (TPSA) is 58.3 Å². The quantitative estimate of drug-likeness (QED) is 0.635. The summed E-state index contributed by atoms with van der Waals surface area (Å²) < 4.78 is 0. The summed E-state index contributed by atoms with van der Waals surface area (Å²) in [5, 5.41) is 12.7. The number of rotatable bonds is 8. The van der Waals surface area contributed by atoms with Crippen molar-refractivity contribution in [2.24, 2.45) is 17.6 Å². The summed E-state index contributed by atoms with van der Waals surface area (Å²) >= 11 is 0. The van der Waals surface area contributed by atoms with Crippen LogP contribution in [0.2, 0.25) is 0 Å². The van der Waals surface area contributed by atoms with E-state index in [0.29, 0.717) is 6.04 Å². The zero-order valence-corrected chi connectivity index (χ0v) is 13.1. The maximum Gasteiger partial charge on any atom is 0.0431 e. The van der Waals surface area contributed by atoms with Crippen molar-refractivity contribution in [3.8, 4) is 0 Å². The van der Waals surface area contributed by atoms with Crippen LogP contribution >= 0.6 is 0 Å². The van der Waals surface area contributed by atoms with Gasteiger partial charge in [-0.25, -0.2) is 0 Å². The highest BCUT2D eigenvalue weighted by Crippen LogP contribution is 2.35. The van der Waals surface area contributed by atoms with E-state index >= 15 is 0 Å². The molecule has 1 aliphatic rings. The fraction of sp³-hybridized carbons (Fsp3) is 1.00. The number of aliphatic hydroxyl groups is 1. The molecule has 0 aromatic carbocycles. The predicted octanol–water partition coefficient (Wildman–Crippen LogP) is 2.67. The van der Waals surface area contributed by atoms with E-state index in [0.717, 1.165) is 31.2 Å². The maximum absolute atomic E-state index is 8.93. The molecule has 3 unspecified atom stereocenters. The number of aliphatic hydroxyl groups excluding tert-OH is 1. The smallest absolute Gasteiger partial charge is 0.0431 e. The molecule has 19 heavy (non-hydrogen) atoms. The van der Waals surface area contributed by atoms with Crippen LogP contribution < -0.4 is 11.1 Å². The van der Waals surface area contributed by atoms with Gasteiger partial charge < -0.3 is 16.2 Å². The minimum absolute atomic E-state index is 0.146. The lowest BCUT2D eigenvalue weighted by atomic mass is 9.72. The van der Waals surface area contributed by atoms with Gasteiger partial charge in [0.2, 0.25) is 0 Å². The molecule has 0 radical (unpaired) electrons. The number of nitrogens with one attached hydrogen (secondary N) is 1. The number of nitrogens with two attached hydrogens (primary N) is 1. The Bertz CT molecular complexity index is 245. The van der Waals surface area contributed by atoms with Gasteiger partial charge in [-0.2, -0.15) is 0 Å². The van der Waals surface area contributed by atoms with Crippen LogP contribution in [0, 0.1) is 11.8 Å². The Morgan fingerprint density at radius 3 is 2.68 bits per heavy atom. The van der Waals surface area contributed by atoms with Gasteiger partial charge in [-0.1, -0.05) is 26.7 Å². The Morgan fingerprint density at radius 2 is 2.11 bits per heavy atom. The fourth-order valence-corrected chi connectivity index (χ4v) is 3.72. The molecule has 3 heteroatoms. The van der Waals surface area contributed by atoms with E-state index < -0.39 is 0 Å². The summed E-state index contributed by atoms with van der Waals surface area (Å²) in [7, 11) is 0. The summed E-state index contributed by atoms with van der Waals surface area (Å²) in [6, 6.07) is 0.452. The summed E-state index contributed by atoms with van der Waals surface area (Å²) in [6.07, 6.45) is 8.35. The standard InChI is InChI=1S/C16H34N2O/c1-13(2)10-15-7-4-8-16(11-15,12-17)18-14(3)6-5-9-19/h13-15,18-19H,4-12,17H2,1-3H3. The molecule has 4 N–H and O–H groups in total. The van der Waals surface area contributed by atoms with E-state index in [1.165, 1.54) is 32.1 Å². The molecule has 0 saturated heterocycles. The van der Waals surface area contributed by atoms with Crippen LogP contribution in [0.25, 0.3) is 0 Å². The first-order valence-corrected chi connectivity index (χ1v) is 8.10. The highest BCUT2D eigenvalue weighted by Gasteiger charge is 2.35. The van der Waals surface area contributed by atoms with Gasteiger partial charge in [-0.05, 0) is 50.9 Å². The van der Waals surface area contributed by atoms with Gasteiger partial charge in [0.1, 0.15) is 0 Å². The van der Waals surface area contributed by atoms with Crippen molar-refractivity contribution in [2.45, 2.75) is 77.3 Å². The lowest BCUT2D eigenvalue weighted by Crippen LogP contribution is -2.57. The van der Waals surface area contributed by atoms with Crippen molar-refractivity contribution in [3.63, 3.8) is 0 Å². The minimum atomic E-state index is 0.146. The van der Waals surface area contributed by atoms with E-state index in [4.69, 9.17) is 10.8 Å². The zero-order chi connectivity index (χ0) is 14.3. The predicted molar refractivity (Wildman–Crippen MR) is 82.1 cm³/mol. The molecule has 1 fully saturated rings. The molecule has 1 aliphatic carbocycles. The Morgan fingerprint density at radius 1 is 1.37 bits per heavy atom. The second-order valence-electron chi connectivity index (χ2n) is 6.99. The molecule has 1 saturated carbocycles. The molecule has 0 amide bonds. The molecule has 1 rings (SSSR count). The molecule has 0 bridgehead atoms. The Kier molecular flexibility index (Phi) is 7.33. The van der Waals surface area contributed by atoms with Crippen LogP contribution in [0.5, 0.6) is 0 Å². The summed E-state index contributed by atoms with van der Waals surface area (Å²) in [5.74, 6) is 1.61. The summed E-state index contributed by atoms with van der Waals surface area (Å²) in [4.78, 5) is 0. The molecule has 0 heterocycles. The third kappa shape index (κ3) is 5.80. The molecule has 0 aromatic heterocycles. The van der Waals surface area contributed by atoms with Crippen LogP contribution in [0.1, 0.15) is 65.7 Å². The molecular weight excluding hydrogens is 236 g/mol. The molecule has 114 valence electrons. The highest BCUT2D eigenvalue weighted by atomic mass is 16.2. The zero-order valence-electron chi connectivity index (χ0n) is 13.1.